The van der Waals surface area contributed by atoms with Crippen LogP contribution in [0.4, 0.5) is 4.79 Å². The predicted molar refractivity (Wildman–Crippen MR) is 129 cm³/mol. The van der Waals surface area contributed by atoms with Crippen LogP contribution in [0.25, 0.3) is 0 Å². The molecule has 1 heterocycles. The molecule has 0 unspecified atom stereocenters. The Morgan fingerprint density at radius 2 is 1.62 bits per heavy atom. The van der Waals surface area contributed by atoms with Gasteiger partial charge in [0.15, 0.2) is 0 Å². The number of carbonyl (C=O) groups is 3. The lowest BCUT2D eigenvalue weighted by atomic mass is 10.1. The van der Waals surface area contributed by atoms with Crippen molar-refractivity contribution in [3.63, 3.8) is 0 Å². The predicted octanol–water partition coefficient (Wildman–Crippen LogP) is 3.54. The van der Waals surface area contributed by atoms with Crippen LogP contribution in [0.15, 0.2) is 90.7 Å². The number of allylic oxidation sites excluding steroid dienone is 3. The number of carbonyl (C=O) groups excluding carboxylic acids is 3. The van der Waals surface area contributed by atoms with Crippen molar-refractivity contribution in [3.05, 3.63) is 107 Å². The molecule has 0 atom stereocenters. The van der Waals surface area contributed by atoms with Crippen molar-refractivity contribution >= 4 is 17.8 Å². The van der Waals surface area contributed by atoms with E-state index in [1.54, 1.807) is 65.0 Å². The molecule has 0 fully saturated rings. The number of urea groups is 1. The summed E-state index contributed by atoms with van der Waals surface area (Å²) in [5.74, 6) is -1.08. The summed E-state index contributed by atoms with van der Waals surface area (Å²) in [5.41, 5.74) is 4.20. The number of hydrogen-bond donors (Lipinski definition) is 4. The molecule has 0 aromatic heterocycles. The summed E-state index contributed by atoms with van der Waals surface area (Å²) in [6, 6.07) is 14.6. The first-order valence-electron chi connectivity index (χ1n) is 11.0. The van der Waals surface area contributed by atoms with Gasteiger partial charge in [0.25, 0.3) is 11.8 Å². The van der Waals surface area contributed by atoms with E-state index >= 15 is 0 Å². The van der Waals surface area contributed by atoms with Crippen molar-refractivity contribution in [2.45, 2.75) is 19.4 Å². The van der Waals surface area contributed by atoms with Gasteiger partial charge in [-0.05, 0) is 54.4 Å². The monoisotopic (exact) mass is 460 g/mol. The average molecular weight is 461 g/mol. The van der Waals surface area contributed by atoms with Gasteiger partial charge in [-0.3, -0.25) is 20.1 Å². The van der Waals surface area contributed by atoms with Gasteiger partial charge in [-0.25, -0.2) is 10.3 Å². The van der Waals surface area contributed by atoms with Crippen LogP contribution < -0.4 is 16.1 Å². The van der Waals surface area contributed by atoms with Crippen molar-refractivity contribution in [1.82, 2.24) is 21.0 Å². The molecule has 0 saturated carbocycles. The van der Waals surface area contributed by atoms with Gasteiger partial charge in [0.2, 0.25) is 0 Å². The molecule has 34 heavy (non-hydrogen) atoms. The van der Waals surface area contributed by atoms with Crippen LogP contribution in [-0.2, 0) is 6.54 Å². The zero-order valence-electron chi connectivity index (χ0n) is 18.7. The number of hydroxylamine groups is 1. The van der Waals surface area contributed by atoms with E-state index < -0.39 is 17.8 Å². The summed E-state index contributed by atoms with van der Waals surface area (Å²) >= 11 is 0. The van der Waals surface area contributed by atoms with Gasteiger partial charge < -0.3 is 10.2 Å². The van der Waals surface area contributed by atoms with Crippen molar-refractivity contribution in [3.8, 4) is 0 Å². The summed E-state index contributed by atoms with van der Waals surface area (Å²) in [7, 11) is 0. The van der Waals surface area contributed by atoms with E-state index in [4.69, 9.17) is 5.21 Å². The molecule has 0 spiro atoms. The first-order valence-corrected chi connectivity index (χ1v) is 11.0. The van der Waals surface area contributed by atoms with Crippen molar-refractivity contribution in [2.24, 2.45) is 0 Å². The number of hydrogen-bond acceptors (Lipinski definition) is 5. The van der Waals surface area contributed by atoms with Gasteiger partial charge in [-0.1, -0.05) is 54.6 Å². The highest BCUT2D eigenvalue weighted by Gasteiger charge is 2.18. The maximum absolute atomic E-state index is 13.0. The molecule has 0 saturated heterocycles. The van der Waals surface area contributed by atoms with Crippen LogP contribution in [0.5, 0.6) is 0 Å². The molecule has 4 N–H and O–H groups in total. The third-order valence-electron chi connectivity index (χ3n) is 5.24. The first-order chi connectivity index (χ1) is 16.6. The minimum absolute atomic E-state index is 0.243. The Balaban J connectivity index is 1.72. The average Bonchev–Trinajstić information content (AvgIpc) is 3.00. The quantitative estimate of drug-likeness (QED) is 0.373. The molecule has 2 aromatic rings. The van der Waals surface area contributed by atoms with E-state index in [2.05, 4.69) is 16.7 Å². The van der Waals surface area contributed by atoms with Gasteiger partial charge in [0.1, 0.15) is 0 Å². The number of nitrogens with zero attached hydrogens (tertiary/aromatic N) is 1. The summed E-state index contributed by atoms with van der Waals surface area (Å²) < 4.78 is 0. The number of imide groups is 1. The van der Waals surface area contributed by atoms with Gasteiger partial charge in [-0.15, -0.1) is 0 Å². The fourth-order valence-corrected chi connectivity index (χ4v) is 3.36. The fourth-order valence-electron chi connectivity index (χ4n) is 3.36. The van der Waals surface area contributed by atoms with E-state index in [0.29, 0.717) is 24.1 Å². The smallest absolute Gasteiger partial charge is 0.324 e. The summed E-state index contributed by atoms with van der Waals surface area (Å²) in [4.78, 5) is 38.7. The molecule has 8 nitrogen and oxygen atoms in total. The number of benzene rings is 2. The zero-order chi connectivity index (χ0) is 24.2. The Kier molecular flexibility index (Phi) is 9.19. The highest BCUT2D eigenvalue weighted by atomic mass is 16.5. The molecule has 2 aromatic carbocycles. The van der Waals surface area contributed by atoms with E-state index in [1.165, 1.54) is 0 Å². The second kappa shape index (κ2) is 12.8. The Hall–Kier alpha value is -4.17. The zero-order valence-corrected chi connectivity index (χ0v) is 18.7. The molecule has 0 aliphatic carbocycles. The Bertz CT molecular complexity index is 1080. The molecule has 8 heteroatoms. The molecule has 1 aliphatic heterocycles. The van der Waals surface area contributed by atoms with Crippen LogP contribution in [0.1, 0.15) is 39.1 Å². The number of nitrogens with one attached hydrogen (secondary N) is 3. The van der Waals surface area contributed by atoms with Crippen LogP contribution in [0.3, 0.4) is 0 Å². The maximum Gasteiger partial charge on any atom is 0.324 e. The maximum atomic E-state index is 13.0. The fraction of sp³-hybridized carbons (Fsp3) is 0.192. The third-order valence-corrected chi connectivity index (χ3v) is 5.24. The topological polar surface area (TPSA) is 111 Å². The molecular weight excluding hydrogens is 432 g/mol. The molecule has 0 bridgehead atoms. The van der Waals surface area contributed by atoms with Crippen LogP contribution in [0, 0.1) is 0 Å². The van der Waals surface area contributed by atoms with Gasteiger partial charge in [-0.2, -0.15) is 0 Å². The molecule has 0 radical (unpaired) electrons. The van der Waals surface area contributed by atoms with E-state index in [1.807, 2.05) is 24.4 Å². The SMILES string of the molecule is O=C(NO)c1ccc(CN(CC/C2=C/NC/C=C\C=C/C2)C(=O)NC(=O)c2ccccc2)cc1. The highest BCUT2D eigenvalue weighted by molar-refractivity contribution is 6.04. The van der Waals surface area contributed by atoms with Gasteiger partial charge in [0.05, 0.1) is 0 Å². The molecule has 176 valence electrons. The molecule has 3 rings (SSSR count). The second-order valence-corrected chi connectivity index (χ2v) is 7.71. The minimum atomic E-state index is -0.614. The standard InChI is InChI=1S/C26H28N4O4/c31-24(22-9-5-3-6-10-22)28-26(33)30(17-15-20-8-4-1-2-7-16-27-18-20)19-21-11-13-23(14-12-21)25(32)29-34/h1-7,9-14,18,27,34H,8,15-17,19H2,(H,29,32)(H,28,31,33)/b4-1-,7-2-,20-18+. The third kappa shape index (κ3) is 7.46. The lowest BCUT2D eigenvalue weighted by molar-refractivity contribution is 0.0706. The Morgan fingerprint density at radius 3 is 2.35 bits per heavy atom. The van der Waals surface area contributed by atoms with E-state index in [0.717, 1.165) is 24.1 Å². The van der Waals surface area contributed by atoms with E-state index in [9.17, 15) is 14.4 Å². The normalized spacial score (nSPS) is 16.3. The van der Waals surface area contributed by atoms with Crippen LogP contribution in [-0.4, -0.2) is 41.0 Å². The molecule has 4 amide bonds. The second-order valence-electron chi connectivity index (χ2n) is 7.71. The van der Waals surface area contributed by atoms with Crippen molar-refractivity contribution in [2.75, 3.05) is 13.1 Å². The first kappa shape index (κ1) is 24.5. The van der Waals surface area contributed by atoms with Crippen molar-refractivity contribution < 1.29 is 19.6 Å². The molecular formula is C26H28N4O4. The lowest BCUT2D eigenvalue weighted by Crippen LogP contribution is -2.43. The highest BCUT2D eigenvalue weighted by Crippen LogP contribution is 2.13. The van der Waals surface area contributed by atoms with Crippen molar-refractivity contribution in [1.29, 1.82) is 0 Å². The van der Waals surface area contributed by atoms with Crippen LogP contribution in [0.2, 0.25) is 0 Å². The van der Waals surface area contributed by atoms with Gasteiger partial charge >= 0.3 is 6.03 Å². The summed E-state index contributed by atoms with van der Waals surface area (Å²) in [5, 5.41) is 14.5. The summed E-state index contributed by atoms with van der Waals surface area (Å²) in [6.07, 6.45) is 11.4. The van der Waals surface area contributed by atoms with E-state index in [-0.39, 0.29) is 6.54 Å². The largest absolute Gasteiger partial charge is 0.387 e. The Morgan fingerprint density at radius 1 is 0.912 bits per heavy atom. The Labute approximate surface area is 198 Å². The summed E-state index contributed by atoms with van der Waals surface area (Å²) in [6.45, 7) is 1.35. The minimum Gasteiger partial charge on any atom is -0.387 e. The number of rotatable bonds is 7. The van der Waals surface area contributed by atoms with Crippen LogP contribution >= 0.6 is 0 Å². The lowest BCUT2D eigenvalue weighted by Gasteiger charge is -2.23. The molecule has 1 aliphatic rings. The number of amides is 4. The van der Waals surface area contributed by atoms with Gasteiger partial charge in [0, 0.05) is 30.8 Å².